The summed E-state index contributed by atoms with van der Waals surface area (Å²) in [5.74, 6) is 5.86. The molecular formula is C22H23FN2O2. The second-order valence-corrected chi connectivity index (χ2v) is 7.42. The minimum absolute atomic E-state index is 0.278. The van der Waals surface area contributed by atoms with E-state index in [1.54, 1.807) is 24.3 Å². The first-order chi connectivity index (χ1) is 13.1. The van der Waals surface area contributed by atoms with Gasteiger partial charge in [-0.25, -0.2) is 4.39 Å². The molecule has 4 nitrogen and oxygen atoms in total. The molecule has 2 aliphatic rings. The maximum absolute atomic E-state index is 14.2. The van der Waals surface area contributed by atoms with Gasteiger partial charge in [-0.15, -0.1) is 0 Å². The van der Waals surface area contributed by atoms with Crippen molar-refractivity contribution in [3.8, 4) is 17.6 Å². The van der Waals surface area contributed by atoms with E-state index in [-0.39, 0.29) is 11.6 Å². The predicted octanol–water partition coefficient (Wildman–Crippen LogP) is 2.91. The number of anilines is 1. The standard InChI is InChI=1S/C22H23FN2O2/c23-20-12-18(3-2-17-4-7-19(24)8-5-17)6-9-21(20)27-11-1-10-25-13-22(14-25)15-26-16-22/h4-9,12H,1,10-11,13-16,24H2. The molecule has 0 atom stereocenters. The number of nitrogens with two attached hydrogens (primary N) is 1. The van der Waals surface area contributed by atoms with E-state index >= 15 is 0 Å². The summed E-state index contributed by atoms with van der Waals surface area (Å²) >= 11 is 0. The fourth-order valence-corrected chi connectivity index (χ4v) is 3.51. The number of nitrogens with zero attached hydrogens (tertiary/aromatic N) is 1. The molecule has 0 unspecified atom stereocenters. The minimum Gasteiger partial charge on any atom is -0.490 e. The van der Waals surface area contributed by atoms with Crippen molar-refractivity contribution in [3.63, 3.8) is 0 Å². The van der Waals surface area contributed by atoms with E-state index in [9.17, 15) is 4.39 Å². The van der Waals surface area contributed by atoms with Gasteiger partial charge in [-0.05, 0) is 48.9 Å². The van der Waals surface area contributed by atoms with Crippen LogP contribution in [0.1, 0.15) is 17.5 Å². The third-order valence-corrected chi connectivity index (χ3v) is 5.00. The lowest BCUT2D eigenvalue weighted by molar-refractivity contribution is -0.189. The van der Waals surface area contributed by atoms with Crippen molar-refractivity contribution in [2.45, 2.75) is 6.42 Å². The zero-order chi connectivity index (χ0) is 18.7. The summed E-state index contributed by atoms with van der Waals surface area (Å²) in [6, 6.07) is 12.1. The van der Waals surface area contributed by atoms with Gasteiger partial charge in [-0.2, -0.15) is 0 Å². The van der Waals surface area contributed by atoms with Crippen molar-refractivity contribution in [1.82, 2.24) is 4.90 Å². The van der Waals surface area contributed by atoms with Gasteiger partial charge < -0.3 is 20.1 Å². The Bertz CT molecular complexity index is 858. The fraction of sp³-hybridized carbons (Fsp3) is 0.364. The summed E-state index contributed by atoms with van der Waals surface area (Å²) in [5, 5.41) is 0. The second-order valence-electron chi connectivity index (χ2n) is 7.42. The molecule has 0 amide bonds. The number of benzene rings is 2. The number of rotatable bonds is 5. The van der Waals surface area contributed by atoms with Crippen molar-refractivity contribution in [3.05, 3.63) is 59.4 Å². The van der Waals surface area contributed by atoms with Gasteiger partial charge in [0.25, 0.3) is 0 Å². The number of ether oxygens (including phenoxy) is 2. The molecule has 0 aromatic heterocycles. The van der Waals surface area contributed by atoms with Crippen molar-refractivity contribution in [2.24, 2.45) is 5.41 Å². The van der Waals surface area contributed by atoms with Crippen molar-refractivity contribution in [1.29, 1.82) is 0 Å². The Morgan fingerprint density at radius 1 is 1.07 bits per heavy atom. The molecule has 2 saturated heterocycles. The average molecular weight is 366 g/mol. The van der Waals surface area contributed by atoms with Gasteiger partial charge in [-0.1, -0.05) is 11.8 Å². The third-order valence-electron chi connectivity index (χ3n) is 5.00. The highest BCUT2D eigenvalue weighted by atomic mass is 19.1. The minimum atomic E-state index is -0.381. The van der Waals surface area contributed by atoms with E-state index in [0.29, 0.717) is 23.3 Å². The lowest BCUT2D eigenvalue weighted by Gasteiger charge is -2.55. The van der Waals surface area contributed by atoms with E-state index in [4.69, 9.17) is 15.2 Å². The molecule has 2 aromatic carbocycles. The highest BCUT2D eigenvalue weighted by Crippen LogP contribution is 2.37. The molecule has 0 aliphatic carbocycles. The van der Waals surface area contributed by atoms with Gasteiger partial charge in [-0.3, -0.25) is 0 Å². The van der Waals surface area contributed by atoms with Crippen molar-refractivity contribution < 1.29 is 13.9 Å². The molecule has 140 valence electrons. The largest absolute Gasteiger partial charge is 0.490 e. The molecule has 1 spiro atoms. The van der Waals surface area contributed by atoms with Crippen LogP contribution in [0, 0.1) is 23.1 Å². The van der Waals surface area contributed by atoms with Gasteiger partial charge in [0.15, 0.2) is 11.6 Å². The molecule has 0 bridgehead atoms. The first kappa shape index (κ1) is 17.8. The van der Waals surface area contributed by atoms with Crippen LogP contribution in [-0.4, -0.2) is 44.4 Å². The first-order valence-corrected chi connectivity index (χ1v) is 9.22. The molecule has 0 saturated carbocycles. The predicted molar refractivity (Wildman–Crippen MR) is 103 cm³/mol. The summed E-state index contributed by atoms with van der Waals surface area (Å²) in [5.41, 5.74) is 8.24. The highest BCUT2D eigenvalue weighted by Gasteiger charge is 2.48. The number of nitrogen functional groups attached to an aromatic ring is 1. The Morgan fingerprint density at radius 2 is 1.78 bits per heavy atom. The molecule has 2 N–H and O–H groups in total. The molecule has 4 rings (SSSR count). The highest BCUT2D eigenvalue weighted by molar-refractivity contribution is 5.48. The van der Waals surface area contributed by atoms with Gasteiger partial charge in [0.2, 0.25) is 0 Å². The molecule has 2 fully saturated rings. The van der Waals surface area contributed by atoms with Crippen molar-refractivity contribution in [2.75, 3.05) is 45.2 Å². The van der Waals surface area contributed by atoms with E-state index in [1.807, 2.05) is 12.1 Å². The van der Waals surface area contributed by atoms with Crippen LogP contribution < -0.4 is 10.5 Å². The Kier molecular flexibility index (Phi) is 5.02. The lowest BCUT2D eigenvalue weighted by Crippen LogP contribution is -2.65. The summed E-state index contributed by atoms with van der Waals surface area (Å²) in [7, 11) is 0. The molecule has 5 heteroatoms. The van der Waals surface area contributed by atoms with E-state index in [1.165, 1.54) is 6.07 Å². The van der Waals surface area contributed by atoms with Crippen LogP contribution in [0.15, 0.2) is 42.5 Å². The number of halogens is 1. The molecule has 2 heterocycles. The van der Waals surface area contributed by atoms with Crippen LogP contribution in [-0.2, 0) is 4.74 Å². The monoisotopic (exact) mass is 366 g/mol. The maximum Gasteiger partial charge on any atom is 0.166 e. The SMILES string of the molecule is Nc1ccc(C#Cc2ccc(OCCCN3CC4(COC4)C3)c(F)c2)cc1. The summed E-state index contributed by atoms with van der Waals surface area (Å²) in [4.78, 5) is 2.40. The van der Waals surface area contributed by atoms with Crippen molar-refractivity contribution >= 4 is 5.69 Å². The maximum atomic E-state index is 14.2. The van der Waals surface area contributed by atoms with Crippen LogP contribution in [0.3, 0.4) is 0 Å². The quantitative estimate of drug-likeness (QED) is 0.502. The number of likely N-dealkylation sites (tertiary alicyclic amines) is 1. The van der Waals surface area contributed by atoms with E-state index in [0.717, 1.165) is 44.8 Å². The molecule has 0 radical (unpaired) electrons. The molecule has 2 aliphatic heterocycles. The van der Waals surface area contributed by atoms with E-state index < -0.39 is 0 Å². The molecule has 27 heavy (non-hydrogen) atoms. The van der Waals surface area contributed by atoms with Crippen LogP contribution in [0.2, 0.25) is 0 Å². The Hall–Kier alpha value is -2.55. The zero-order valence-electron chi connectivity index (χ0n) is 15.2. The Morgan fingerprint density at radius 3 is 2.44 bits per heavy atom. The summed E-state index contributed by atoms with van der Waals surface area (Å²) < 4.78 is 25.1. The van der Waals surface area contributed by atoms with Crippen LogP contribution in [0.4, 0.5) is 10.1 Å². The van der Waals surface area contributed by atoms with E-state index in [2.05, 4.69) is 16.7 Å². The summed E-state index contributed by atoms with van der Waals surface area (Å²) in [6.07, 6.45) is 0.884. The topological polar surface area (TPSA) is 47.7 Å². The van der Waals surface area contributed by atoms with Gasteiger partial charge in [0.1, 0.15) is 0 Å². The third kappa shape index (κ3) is 4.24. The van der Waals surface area contributed by atoms with Crippen LogP contribution in [0.5, 0.6) is 5.75 Å². The average Bonchev–Trinajstić information content (AvgIpc) is 2.59. The first-order valence-electron chi connectivity index (χ1n) is 9.22. The number of hydrogen-bond donors (Lipinski definition) is 1. The normalized spacial score (nSPS) is 17.5. The van der Waals surface area contributed by atoms with Crippen LogP contribution >= 0.6 is 0 Å². The number of hydrogen-bond acceptors (Lipinski definition) is 4. The lowest BCUT2D eigenvalue weighted by atomic mass is 9.78. The van der Waals surface area contributed by atoms with Crippen LogP contribution in [0.25, 0.3) is 0 Å². The molecular weight excluding hydrogens is 343 g/mol. The Balaban J connectivity index is 1.24. The fourth-order valence-electron chi connectivity index (χ4n) is 3.51. The Labute approximate surface area is 159 Å². The summed E-state index contributed by atoms with van der Waals surface area (Å²) in [6.45, 7) is 5.52. The molecule has 2 aromatic rings. The zero-order valence-corrected chi connectivity index (χ0v) is 15.2. The van der Waals surface area contributed by atoms with Gasteiger partial charge in [0, 0.05) is 41.9 Å². The van der Waals surface area contributed by atoms with Gasteiger partial charge in [0.05, 0.1) is 19.8 Å². The second kappa shape index (κ2) is 7.59. The van der Waals surface area contributed by atoms with Gasteiger partial charge >= 0.3 is 0 Å². The smallest absolute Gasteiger partial charge is 0.166 e.